The Morgan fingerprint density at radius 1 is 0.735 bits per heavy atom. The lowest BCUT2D eigenvalue weighted by molar-refractivity contribution is 0.0686. The predicted molar refractivity (Wildman–Crippen MR) is 120 cm³/mol. The van der Waals surface area contributed by atoms with E-state index in [-0.39, 0.29) is 39.6 Å². The maximum atomic E-state index is 11.8. The van der Waals surface area contributed by atoms with E-state index in [1.165, 1.54) is 48.5 Å². The monoisotopic (exact) mass is 484 g/mol. The van der Waals surface area contributed by atoms with Gasteiger partial charge in [-0.15, -0.1) is 10.2 Å². The van der Waals surface area contributed by atoms with Crippen molar-refractivity contribution in [1.82, 2.24) is 0 Å². The van der Waals surface area contributed by atoms with Crippen LogP contribution in [0.2, 0.25) is 0 Å². The van der Waals surface area contributed by atoms with E-state index >= 15 is 0 Å². The second kappa shape index (κ2) is 9.43. The number of carboxylic acids is 2. The molecule has 3 aromatic rings. The highest BCUT2D eigenvalue weighted by atomic mass is 32.2. The molecule has 0 bridgehead atoms. The third-order valence-corrected chi connectivity index (χ3v) is 5.22. The zero-order chi connectivity index (χ0) is 25.0. The molecular formula is C20H16N6O7S. The van der Waals surface area contributed by atoms with Crippen LogP contribution in [-0.4, -0.2) is 35.1 Å². The van der Waals surface area contributed by atoms with Gasteiger partial charge in [-0.25, -0.2) is 9.59 Å². The van der Waals surface area contributed by atoms with Crippen molar-refractivity contribution in [2.45, 2.75) is 4.90 Å². The number of azo groups is 2. The van der Waals surface area contributed by atoms with Crippen LogP contribution >= 0.6 is 0 Å². The van der Waals surface area contributed by atoms with Gasteiger partial charge in [0.05, 0.1) is 33.9 Å². The maximum Gasteiger partial charge on any atom is 0.335 e. The highest BCUT2D eigenvalue weighted by molar-refractivity contribution is 7.86. The number of nitrogens with zero attached hydrogens (tertiary/aromatic N) is 4. The lowest BCUT2D eigenvalue weighted by Crippen LogP contribution is -2.05. The molecule has 0 radical (unpaired) electrons. The van der Waals surface area contributed by atoms with Crippen LogP contribution in [0.4, 0.5) is 34.1 Å². The summed E-state index contributed by atoms with van der Waals surface area (Å²) in [5.41, 5.74) is 10.6. The van der Waals surface area contributed by atoms with E-state index in [2.05, 4.69) is 20.5 Å². The Labute approximate surface area is 191 Å². The molecular weight excluding hydrogens is 468 g/mol. The summed E-state index contributed by atoms with van der Waals surface area (Å²) < 4.78 is 33.2. The molecule has 0 amide bonds. The number of nitrogens with two attached hydrogens (primary N) is 2. The number of benzene rings is 3. The summed E-state index contributed by atoms with van der Waals surface area (Å²) in [6.45, 7) is 0. The fourth-order valence-corrected chi connectivity index (χ4v) is 3.32. The van der Waals surface area contributed by atoms with E-state index < -0.39 is 32.6 Å². The van der Waals surface area contributed by atoms with Crippen molar-refractivity contribution in [3.8, 4) is 0 Å². The van der Waals surface area contributed by atoms with Crippen LogP contribution in [0.15, 0.2) is 79.9 Å². The van der Waals surface area contributed by atoms with Crippen LogP contribution in [-0.2, 0) is 10.1 Å². The van der Waals surface area contributed by atoms with Gasteiger partial charge in [0.25, 0.3) is 10.1 Å². The minimum atomic E-state index is -4.84. The molecule has 0 heterocycles. The predicted octanol–water partition coefficient (Wildman–Crippen LogP) is 4.32. The molecule has 0 spiro atoms. The lowest BCUT2D eigenvalue weighted by Gasteiger charge is -2.10. The zero-order valence-corrected chi connectivity index (χ0v) is 17.8. The van der Waals surface area contributed by atoms with Gasteiger partial charge >= 0.3 is 11.9 Å². The van der Waals surface area contributed by atoms with Crippen LogP contribution in [0.3, 0.4) is 0 Å². The van der Waals surface area contributed by atoms with Crippen molar-refractivity contribution in [1.29, 1.82) is 0 Å². The Kier molecular flexibility index (Phi) is 6.65. The Morgan fingerprint density at radius 2 is 1.24 bits per heavy atom. The minimum Gasteiger partial charge on any atom is -0.478 e. The highest BCUT2D eigenvalue weighted by Gasteiger charge is 2.22. The molecule has 3 rings (SSSR count). The molecule has 0 aliphatic rings. The van der Waals surface area contributed by atoms with E-state index in [9.17, 15) is 22.6 Å². The number of aromatic carboxylic acids is 2. The first-order valence-electron chi connectivity index (χ1n) is 9.17. The van der Waals surface area contributed by atoms with Gasteiger partial charge in [0.15, 0.2) is 0 Å². The average Bonchev–Trinajstić information content (AvgIpc) is 2.78. The van der Waals surface area contributed by atoms with Gasteiger partial charge in [-0.2, -0.15) is 18.6 Å². The summed E-state index contributed by atoms with van der Waals surface area (Å²) in [6.07, 6.45) is 0. The van der Waals surface area contributed by atoms with Crippen LogP contribution < -0.4 is 11.5 Å². The topological polar surface area (TPSA) is 230 Å². The number of rotatable bonds is 7. The van der Waals surface area contributed by atoms with E-state index in [0.29, 0.717) is 0 Å². The molecule has 0 saturated carbocycles. The summed E-state index contributed by atoms with van der Waals surface area (Å²) in [4.78, 5) is 21.5. The largest absolute Gasteiger partial charge is 0.478 e. The Bertz CT molecular complexity index is 1470. The summed E-state index contributed by atoms with van der Waals surface area (Å²) in [7, 11) is -4.84. The van der Waals surface area contributed by atoms with Crippen molar-refractivity contribution in [2.24, 2.45) is 20.5 Å². The smallest absolute Gasteiger partial charge is 0.335 e. The van der Waals surface area contributed by atoms with Crippen LogP contribution in [0.1, 0.15) is 20.7 Å². The third kappa shape index (κ3) is 5.37. The maximum absolute atomic E-state index is 11.8. The molecule has 13 nitrogen and oxygen atoms in total. The van der Waals surface area contributed by atoms with E-state index in [1.54, 1.807) is 0 Å². The van der Waals surface area contributed by atoms with Crippen molar-refractivity contribution < 1.29 is 32.8 Å². The zero-order valence-electron chi connectivity index (χ0n) is 17.0. The van der Waals surface area contributed by atoms with Gasteiger partial charge in [-0.1, -0.05) is 12.1 Å². The molecule has 174 valence electrons. The number of hydrogen-bond acceptors (Lipinski definition) is 10. The van der Waals surface area contributed by atoms with Crippen LogP contribution in [0.5, 0.6) is 0 Å². The molecule has 0 fully saturated rings. The summed E-state index contributed by atoms with van der Waals surface area (Å²) in [5.74, 6) is -2.38. The van der Waals surface area contributed by atoms with Gasteiger partial charge in [-0.05, 0) is 42.5 Å². The normalized spacial score (nSPS) is 11.8. The first-order chi connectivity index (χ1) is 16.0. The lowest BCUT2D eigenvalue weighted by atomic mass is 10.2. The number of nitrogen functional groups attached to an aromatic ring is 2. The molecule has 14 heteroatoms. The second-order valence-electron chi connectivity index (χ2n) is 6.66. The van der Waals surface area contributed by atoms with Gasteiger partial charge in [0.2, 0.25) is 0 Å². The second-order valence-corrected chi connectivity index (χ2v) is 8.05. The molecule has 0 atom stereocenters. The average molecular weight is 484 g/mol. The Hall–Kier alpha value is -4.69. The van der Waals surface area contributed by atoms with E-state index in [4.69, 9.17) is 21.7 Å². The van der Waals surface area contributed by atoms with Gasteiger partial charge < -0.3 is 21.7 Å². The van der Waals surface area contributed by atoms with Gasteiger partial charge in [0, 0.05) is 0 Å². The fourth-order valence-electron chi connectivity index (χ4n) is 2.69. The SMILES string of the molecule is Nc1c(N=Nc2cccc(C(=O)O)c2)cc(S(=O)(=O)O)c(N)c1N=Nc1cccc(C(=O)O)c1. The molecule has 0 unspecified atom stereocenters. The van der Waals surface area contributed by atoms with Crippen molar-refractivity contribution >= 4 is 56.2 Å². The molecule has 0 aliphatic heterocycles. The molecule has 7 N–H and O–H groups in total. The first kappa shape index (κ1) is 24.0. The van der Waals surface area contributed by atoms with Crippen molar-refractivity contribution in [3.05, 3.63) is 65.7 Å². The molecule has 0 saturated heterocycles. The highest BCUT2D eigenvalue weighted by Crippen LogP contribution is 2.43. The Morgan fingerprint density at radius 3 is 1.71 bits per heavy atom. The fraction of sp³-hybridized carbons (Fsp3) is 0. The minimum absolute atomic E-state index is 0.0570. The summed E-state index contributed by atoms with van der Waals surface area (Å²) in [6, 6.07) is 11.7. The third-order valence-electron chi connectivity index (χ3n) is 4.32. The number of hydrogen-bond donors (Lipinski definition) is 5. The van der Waals surface area contributed by atoms with Crippen LogP contribution in [0, 0.1) is 0 Å². The summed E-state index contributed by atoms with van der Waals surface area (Å²) in [5, 5.41) is 33.5. The number of carboxylic acid groups (broad SMARTS) is 2. The number of anilines is 2. The Balaban J connectivity index is 2.11. The summed E-state index contributed by atoms with van der Waals surface area (Å²) >= 11 is 0. The van der Waals surface area contributed by atoms with Crippen molar-refractivity contribution in [2.75, 3.05) is 11.5 Å². The molecule has 34 heavy (non-hydrogen) atoms. The van der Waals surface area contributed by atoms with E-state index in [0.717, 1.165) is 6.07 Å². The molecule has 0 aromatic heterocycles. The molecule has 3 aromatic carbocycles. The quantitative estimate of drug-likeness (QED) is 0.182. The molecule has 0 aliphatic carbocycles. The number of carbonyl (C=O) groups is 2. The van der Waals surface area contributed by atoms with Gasteiger partial charge in [-0.3, -0.25) is 4.55 Å². The van der Waals surface area contributed by atoms with Gasteiger partial charge in [0.1, 0.15) is 16.3 Å². The standard InChI is InChI=1S/C20H16N6O7S/c21-16-14(25-23-12-5-1-3-10(7-12)19(27)28)9-15(34(31,32)33)17(22)18(16)26-24-13-6-2-4-11(8-13)20(29)30/h1-9H,21-22H2,(H,27,28)(H,29,30)(H,31,32,33). The van der Waals surface area contributed by atoms with E-state index in [1.807, 2.05) is 0 Å². The van der Waals surface area contributed by atoms with Crippen LogP contribution in [0.25, 0.3) is 0 Å². The first-order valence-corrected chi connectivity index (χ1v) is 10.6. The van der Waals surface area contributed by atoms with Crippen molar-refractivity contribution in [3.63, 3.8) is 0 Å².